The van der Waals surface area contributed by atoms with Crippen LogP contribution in [0.3, 0.4) is 0 Å². The maximum atomic E-state index is 5.92. The summed E-state index contributed by atoms with van der Waals surface area (Å²) < 4.78 is 11.8. The largest absolute Gasteiger partial charge is 0.366 e. The van der Waals surface area contributed by atoms with Crippen LogP contribution in [0.5, 0.6) is 0 Å². The first-order chi connectivity index (χ1) is 7.93. The fourth-order valence-electron chi connectivity index (χ4n) is 3.39. The zero-order chi connectivity index (χ0) is 12.3. The van der Waals surface area contributed by atoms with Crippen molar-refractivity contribution in [3.05, 3.63) is 12.2 Å². The van der Waals surface area contributed by atoms with Gasteiger partial charge in [-0.3, -0.25) is 0 Å². The van der Waals surface area contributed by atoms with Crippen LogP contribution in [0.1, 0.15) is 52.9 Å². The van der Waals surface area contributed by atoms with Gasteiger partial charge in [-0.1, -0.05) is 12.2 Å². The molecule has 0 aromatic carbocycles. The molecule has 5 atom stereocenters. The lowest BCUT2D eigenvalue weighted by molar-refractivity contribution is 0.254. The zero-order valence-electron chi connectivity index (χ0n) is 11.3. The first-order valence-corrected chi connectivity index (χ1v) is 6.94. The van der Waals surface area contributed by atoms with Crippen molar-refractivity contribution in [2.75, 3.05) is 0 Å². The Bertz CT molecular complexity index is 351. The third-order valence-electron chi connectivity index (χ3n) is 5.16. The van der Waals surface area contributed by atoms with Gasteiger partial charge in [-0.05, 0) is 58.8 Å². The Labute approximate surface area is 104 Å². The minimum absolute atomic E-state index is 0.137. The summed E-state index contributed by atoms with van der Waals surface area (Å²) in [5.74, 6) is 0.613. The van der Waals surface area contributed by atoms with Gasteiger partial charge < -0.3 is 9.47 Å². The molecule has 17 heavy (non-hydrogen) atoms. The maximum Gasteiger partial charge on any atom is 0.0921 e. The molecule has 0 N–H and O–H groups in total. The highest BCUT2D eigenvalue weighted by atomic mass is 16.6. The summed E-state index contributed by atoms with van der Waals surface area (Å²) in [5, 5.41) is 0. The predicted molar refractivity (Wildman–Crippen MR) is 67.9 cm³/mol. The van der Waals surface area contributed by atoms with Gasteiger partial charge in [0.15, 0.2) is 0 Å². The molecule has 0 bridgehead atoms. The van der Waals surface area contributed by atoms with E-state index >= 15 is 0 Å². The number of hydrogen-bond acceptors (Lipinski definition) is 2. The molecule has 96 valence electrons. The Morgan fingerprint density at radius 3 is 2.35 bits per heavy atom. The van der Waals surface area contributed by atoms with E-state index in [0.29, 0.717) is 18.1 Å². The van der Waals surface area contributed by atoms with E-state index in [0.717, 1.165) is 12.8 Å². The van der Waals surface area contributed by atoms with Crippen molar-refractivity contribution in [1.29, 1.82) is 0 Å². The van der Waals surface area contributed by atoms with E-state index in [1.54, 1.807) is 0 Å². The second-order valence-electron chi connectivity index (χ2n) is 6.69. The van der Waals surface area contributed by atoms with Crippen LogP contribution in [0.2, 0.25) is 0 Å². The fraction of sp³-hybridized carbons (Fsp3) is 0.867. The van der Waals surface area contributed by atoms with Gasteiger partial charge >= 0.3 is 0 Å². The zero-order valence-corrected chi connectivity index (χ0v) is 11.3. The van der Waals surface area contributed by atoms with E-state index in [1.165, 1.54) is 24.8 Å². The minimum atomic E-state index is 0.137. The summed E-state index contributed by atoms with van der Waals surface area (Å²) in [4.78, 5) is 0. The summed E-state index contributed by atoms with van der Waals surface area (Å²) in [6.45, 7) is 10.8. The summed E-state index contributed by atoms with van der Waals surface area (Å²) in [5.41, 5.74) is 1.60. The van der Waals surface area contributed by atoms with Gasteiger partial charge in [0.25, 0.3) is 0 Å². The van der Waals surface area contributed by atoms with Crippen LogP contribution < -0.4 is 0 Å². The fourth-order valence-corrected chi connectivity index (χ4v) is 3.39. The van der Waals surface area contributed by atoms with Crippen LogP contribution >= 0.6 is 0 Å². The Morgan fingerprint density at radius 1 is 1.06 bits per heavy atom. The molecule has 3 aliphatic rings. The molecular weight excluding hydrogens is 212 g/mol. The number of hydrogen-bond donors (Lipinski definition) is 0. The Kier molecular flexibility index (Phi) is 2.47. The quantitative estimate of drug-likeness (QED) is 0.514. The van der Waals surface area contributed by atoms with E-state index in [2.05, 4.69) is 27.4 Å². The number of epoxide rings is 2. The topological polar surface area (TPSA) is 25.1 Å². The molecule has 2 heteroatoms. The molecule has 0 radical (unpaired) electrons. The lowest BCUT2D eigenvalue weighted by Gasteiger charge is -2.19. The molecule has 3 rings (SSSR count). The highest BCUT2D eigenvalue weighted by Gasteiger charge is 2.58. The lowest BCUT2D eigenvalue weighted by atomic mass is 9.82. The highest BCUT2D eigenvalue weighted by molar-refractivity contribution is 5.10. The lowest BCUT2D eigenvalue weighted by Crippen LogP contribution is -2.20. The smallest absolute Gasteiger partial charge is 0.0921 e. The van der Waals surface area contributed by atoms with Crippen molar-refractivity contribution in [1.82, 2.24) is 0 Å². The number of fused-ring (bicyclic) bond motifs is 2. The van der Waals surface area contributed by atoms with Crippen molar-refractivity contribution >= 4 is 0 Å². The molecule has 1 aliphatic carbocycles. The molecule has 0 aromatic rings. The van der Waals surface area contributed by atoms with E-state index in [4.69, 9.17) is 9.47 Å². The molecule has 0 aromatic heterocycles. The van der Waals surface area contributed by atoms with Crippen LogP contribution in [-0.4, -0.2) is 23.4 Å². The van der Waals surface area contributed by atoms with Crippen molar-refractivity contribution in [3.63, 3.8) is 0 Å². The van der Waals surface area contributed by atoms with E-state index in [1.807, 2.05) is 0 Å². The molecule has 2 aliphatic heterocycles. The molecule has 0 unspecified atom stereocenters. The number of ether oxygens (including phenoxy) is 2. The van der Waals surface area contributed by atoms with Gasteiger partial charge in [-0.25, -0.2) is 0 Å². The monoisotopic (exact) mass is 236 g/mol. The summed E-state index contributed by atoms with van der Waals surface area (Å²) in [7, 11) is 0. The van der Waals surface area contributed by atoms with Crippen LogP contribution in [0.25, 0.3) is 0 Å². The second-order valence-corrected chi connectivity index (χ2v) is 6.69. The van der Waals surface area contributed by atoms with Crippen LogP contribution in [0.4, 0.5) is 0 Å². The first-order valence-electron chi connectivity index (χ1n) is 6.94. The molecule has 3 fully saturated rings. The van der Waals surface area contributed by atoms with Gasteiger partial charge in [0, 0.05) is 0 Å². The average molecular weight is 236 g/mol. The number of allylic oxidation sites excluding steroid dienone is 1. The van der Waals surface area contributed by atoms with Crippen molar-refractivity contribution in [2.24, 2.45) is 5.92 Å². The van der Waals surface area contributed by atoms with Crippen LogP contribution in [-0.2, 0) is 9.47 Å². The highest BCUT2D eigenvalue weighted by Crippen LogP contribution is 2.52. The third kappa shape index (κ3) is 2.06. The minimum Gasteiger partial charge on any atom is -0.366 e. The molecule has 2 saturated heterocycles. The van der Waals surface area contributed by atoms with Crippen molar-refractivity contribution in [3.8, 4) is 0 Å². The Morgan fingerprint density at radius 2 is 1.65 bits per heavy atom. The Hall–Kier alpha value is -0.340. The first kappa shape index (κ1) is 11.7. The maximum absolute atomic E-state index is 5.92. The predicted octanol–water partition coefficient (Wildman–Crippen LogP) is 3.46. The SMILES string of the molecule is C=C(C)[C@H]1CC[C@]2(C)O[C@H]2CC[C@@]2(C)O[C@@H]2C1. The summed E-state index contributed by atoms with van der Waals surface area (Å²) in [6, 6.07) is 0. The van der Waals surface area contributed by atoms with Gasteiger partial charge in [0.1, 0.15) is 0 Å². The molecule has 0 amide bonds. The van der Waals surface area contributed by atoms with Crippen LogP contribution in [0, 0.1) is 5.92 Å². The standard InChI is InChI=1S/C15H24O2/c1-10(2)11-5-7-14(3)12(16-14)6-8-15(4)13(9-11)17-15/h11-13H,1,5-9H2,2-4H3/t11-,12-,13+,14-,15+/m0/s1. The number of rotatable bonds is 1. The second kappa shape index (κ2) is 3.58. The van der Waals surface area contributed by atoms with Gasteiger partial charge in [-0.2, -0.15) is 0 Å². The molecule has 2 heterocycles. The molecular formula is C15H24O2. The Balaban J connectivity index is 1.72. The third-order valence-corrected chi connectivity index (χ3v) is 5.16. The normalized spacial score (nSPS) is 53.2. The summed E-state index contributed by atoms with van der Waals surface area (Å²) >= 11 is 0. The molecule has 0 spiro atoms. The van der Waals surface area contributed by atoms with Gasteiger partial charge in [0.2, 0.25) is 0 Å². The summed E-state index contributed by atoms with van der Waals surface area (Å²) in [6.07, 6.45) is 6.81. The molecule has 1 saturated carbocycles. The van der Waals surface area contributed by atoms with Gasteiger partial charge in [0.05, 0.1) is 23.4 Å². The van der Waals surface area contributed by atoms with E-state index in [9.17, 15) is 0 Å². The molecule has 2 nitrogen and oxygen atoms in total. The van der Waals surface area contributed by atoms with E-state index < -0.39 is 0 Å². The van der Waals surface area contributed by atoms with Crippen molar-refractivity contribution < 1.29 is 9.47 Å². The van der Waals surface area contributed by atoms with Crippen LogP contribution in [0.15, 0.2) is 12.2 Å². The average Bonchev–Trinajstić information content (AvgIpc) is 3.08. The van der Waals surface area contributed by atoms with Gasteiger partial charge in [-0.15, -0.1) is 0 Å². The van der Waals surface area contributed by atoms with E-state index in [-0.39, 0.29) is 11.2 Å². The van der Waals surface area contributed by atoms with Crippen molar-refractivity contribution in [2.45, 2.75) is 76.3 Å².